The fraction of sp³-hybridized carbons (Fsp3) is 0.300. The van der Waals surface area contributed by atoms with Crippen LogP contribution in [0.4, 0.5) is 0 Å². The van der Waals surface area contributed by atoms with Gasteiger partial charge in [-0.2, -0.15) is 5.10 Å². The number of phenols is 1. The standard InChI is InChI=1S/C10H12N2O2/c11-12-9-5-6(13)4-8-7(9)2-1-3-10(8)14/h1-3,6,13-14H,4-5,11H2. The molecule has 14 heavy (non-hydrogen) atoms. The van der Waals surface area contributed by atoms with E-state index in [1.54, 1.807) is 12.1 Å². The van der Waals surface area contributed by atoms with Gasteiger partial charge in [-0.15, -0.1) is 0 Å². The molecule has 0 radical (unpaired) electrons. The van der Waals surface area contributed by atoms with Gasteiger partial charge in [0.15, 0.2) is 0 Å². The molecular weight excluding hydrogens is 180 g/mol. The molecule has 4 heteroatoms. The zero-order chi connectivity index (χ0) is 10.1. The summed E-state index contributed by atoms with van der Waals surface area (Å²) in [6, 6.07) is 5.20. The van der Waals surface area contributed by atoms with Gasteiger partial charge in [0, 0.05) is 24.0 Å². The highest BCUT2D eigenvalue weighted by Crippen LogP contribution is 2.28. The maximum Gasteiger partial charge on any atom is 0.119 e. The van der Waals surface area contributed by atoms with E-state index >= 15 is 0 Å². The summed E-state index contributed by atoms with van der Waals surface area (Å²) < 4.78 is 0. The molecule has 1 aliphatic carbocycles. The lowest BCUT2D eigenvalue weighted by atomic mass is 9.87. The normalized spacial score (nSPS) is 23.5. The van der Waals surface area contributed by atoms with E-state index in [-0.39, 0.29) is 5.75 Å². The van der Waals surface area contributed by atoms with Crippen molar-refractivity contribution in [3.05, 3.63) is 29.3 Å². The number of hydrogen-bond donors (Lipinski definition) is 3. The van der Waals surface area contributed by atoms with Gasteiger partial charge < -0.3 is 16.1 Å². The smallest absolute Gasteiger partial charge is 0.119 e. The van der Waals surface area contributed by atoms with Crippen LogP contribution >= 0.6 is 0 Å². The Kier molecular flexibility index (Phi) is 2.13. The van der Waals surface area contributed by atoms with Crippen LogP contribution in [-0.2, 0) is 6.42 Å². The molecule has 1 aromatic carbocycles. The Hall–Kier alpha value is -1.55. The number of benzene rings is 1. The van der Waals surface area contributed by atoms with Crippen molar-refractivity contribution in [1.29, 1.82) is 0 Å². The zero-order valence-corrected chi connectivity index (χ0v) is 7.64. The minimum atomic E-state index is -0.502. The second-order valence-electron chi connectivity index (χ2n) is 3.44. The van der Waals surface area contributed by atoms with Gasteiger partial charge in [0.2, 0.25) is 0 Å². The van der Waals surface area contributed by atoms with E-state index in [0.717, 1.165) is 11.1 Å². The number of nitrogens with two attached hydrogens (primary N) is 1. The van der Waals surface area contributed by atoms with E-state index < -0.39 is 6.10 Å². The highest BCUT2D eigenvalue weighted by Gasteiger charge is 2.23. The summed E-state index contributed by atoms with van der Waals surface area (Å²) in [5.41, 5.74) is 2.22. The number of aliphatic hydroxyl groups is 1. The molecule has 1 unspecified atom stereocenters. The SMILES string of the molecule is NN=C1CC(O)Cc2c(O)cccc21. The fourth-order valence-corrected chi connectivity index (χ4v) is 1.82. The Balaban J connectivity index is 2.57. The lowest BCUT2D eigenvalue weighted by Crippen LogP contribution is -2.25. The van der Waals surface area contributed by atoms with E-state index in [1.165, 1.54) is 0 Å². The second kappa shape index (κ2) is 3.31. The molecule has 1 aromatic rings. The largest absolute Gasteiger partial charge is 0.508 e. The topological polar surface area (TPSA) is 78.8 Å². The molecule has 0 saturated heterocycles. The summed E-state index contributed by atoms with van der Waals surface area (Å²) in [4.78, 5) is 0. The maximum atomic E-state index is 9.58. The van der Waals surface area contributed by atoms with Crippen LogP contribution < -0.4 is 5.84 Å². The van der Waals surface area contributed by atoms with Gasteiger partial charge in [-0.3, -0.25) is 0 Å². The number of fused-ring (bicyclic) bond motifs is 1. The molecule has 1 atom stereocenters. The van der Waals surface area contributed by atoms with Crippen molar-refractivity contribution < 1.29 is 10.2 Å². The van der Waals surface area contributed by atoms with Gasteiger partial charge in [-0.25, -0.2) is 0 Å². The zero-order valence-electron chi connectivity index (χ0n) is 7.64. The number of nitrogens with zero attached hydrogens (tertiary/aromatic N) is 1. The van der Waals surface area contributed by atoms with Crippen LogP contribution in [0.25, 0.3) is 0 Å². The Morgan fingerprint density at radius 2 is 2.14 bits per heavy atom. The molecular formula is C10H12N2O2. The van der Waals surface area contributed by atoms with Crippen molar-refractivity contribution >= 4 is 5.71 Å². The quantitative estimate of drug-likeness (QED) is 0.410. The number of hydrogen-bond acceptors (Lipinski definition) is 4. The molecule has 0 fully saturated rings. The van der Waals surface area contributed by atoms with E-state index in [4.69, 9.17) is 5.84 Å². The van der Waals surface area contributed by atoms with Crippen LogP contribution in [0.3, 0.4) is 0 Å². The molecule has 2 rings (SSSR count). The molecule has 0 saturated carbocycles. The van der Waals surface area contributed by atoms with Gasteiger partial charge in [0.05, 0.1) is 11.8 Å². The van der Waals surface area contributed by atoms with Gasteiger partial charge in [0.25, 0.3) is 0 Å². The first-order valence-electron chi connectivity index (χ1n) is 4.48. The Morgan fingerprint density at radius 1 is 1.36 bits per heavy atom. The molecule has 0 spiro atoms. The molecule has 0 aromatic heterocycles. The van der Waals surface area contributed by atoms with Gasteiger partial charge >= 0.3 is 0 Å². The minimum Gasteiger partial charge on any atom is -0.508 e. The Bertz CT molecular complexity index is 388. The first-order chi connectivity index (χ1) is 6.72. The summed E-state index contributed by atoms with van der Waals surface area (Å²) in [6.45, 7) is 0. The van der Waals surface area contributed by atoms with Crippen molar-refractivity contribution in [3.8, 4) is 5.75 Å². The predicted octanol–water partition coefficient (Wildman–Crippen LogP) is 0.362. The number of aliphatic hydroxyl groups excluding tert-OH is 1. The first kappa shape index (κ1) is 9.02. The van der Waals surface area contributed by atoms with Gasteiger partial charge in [-0.1, -0.05) is 12.1 Å². The summed E-state index contributed by atoms with van der Waals surface area (Å²) in [7, 11) is 0. The van der Waals surface area contributed by atoms with Crippen LogP contribution in [0.15, 0.2) is 23.3 Å². The lowest BCUT2D eigenvalue weighted by Gasteiger charge is -2.22. The molecule has 0 amide bonds. The third kappa shape index (κ3) is 1.33. The number of rotatable bonds is 0. The number of aromatic hydroxyl groups is 1. The van der Waals surface area contributed by atoms with E-state index in [1.807, 2.05) is 6.07 Å². The highest BCUT2D eigenvalue weighted by molar-refractivity contribution is 6.03. The summed E-state index contributed by atoms with van der Waals surface area (Å²) >= 11 is 0. The molecule has 0 bridgehead atoms. The van der Waals surface area contributed by atoms with E-state index in [2.05, 4.69) is 5.10 Å². The predicted molar refractivity (Wildman–Crippen MR) is 53.2 cm³/mol. The van der Waals surface area contributed by atoms with Crippen LogP contribution in [0.5, 0.6) is 5.75 Å². The van der Waals surface area contributed by atoms with Crippen LogP contribution in [0.1, 0.15) is 17.5 Å². The van der Waals surface area contributed by atoms with E-state index in [9.17, 15) is 10.2 Å². The van der Waals surface area contributed by atoms with Crippen LogP contribution in [0.2, 0.25) is 0 Å². The molecule has 4 N–H and O–H groups in total. The fourth-order valence-electron chi connectivity index (χ4n) is 1.82. The van der Waals surface area contributed by atoms with Gasteiger partial charge in [-0.05, 0) is 6.07 Å². The Labute approximate surface area is 81.7 Å². The van der Waals surface area contributed by atoms with Gasteiger partial charge in [0.1, 0.15) is 5.75 Å². The first-order valence-corrected chi connectivity index (χ1v) is 4.48. The summed E-state index contributed by atoms with van der Waals surface area (Å²) in [6.07, 6.45) is 0.409. The molecule has 0 aliphatic heterocycles. The monoisotopic (exact) mass is 192 g/mol. The second-order valence-corrected chi connectivity index (χ2v) is 3.44. The molecule has 4 nitrogen and oxygen atoms in total. The van der Waals surface area contributed by atoms with E-state index in [0.29, 0.717) is 18.6 Å². The average Bonchev–Trinajstić information content (AvgIpc) is 2.18. The summed E-state index contributed by atoms with van der Waals surface area (Å²) in [5, 5.41) is 22.7. The molecule has 74 valence electrons. The summed E-state index contributed by atoms with van der Waals surface area (Å²) in [5.74, 6) is 5.42. The van der Waals surface area contributed by atoms with Crippen molar-refractivity contribution in [1.82, 2.24) is 0 Å². The maximum absolute atomic E-state index is 9.58. The molecule has 1 aliphatic rings. The molecule has 0 heterocycles. The third-order valence-corrected chi connectivity index (χ3v) is 2.49. The van der Waals surface area contributed by atoms with Crippen molar-refractivity contribution in [3.63, 3.8) is 0 Å². The number of phenolic OH excluding ortho intramolecular Hbond substituents is 1. The van der Waals surface area contributed by atoms with Crippen LogP contribution in [0, 0.1) is 0 Å². The van der Waals surface area contributed by atoms with Crippen LogP contribution in [-0.4, -0.2) is 22.0 Å². The lowest BCUT2D eigenvalue weighted by molar-refractivity contribution is 0.179. The van der Waals surface area contributed by atoms with Crippen molar-refractivity contribution in [2.75, 3.05) is 0 Å². The third-order valence-electron chi connectivity index (χ3n) is 2.49. The average molecular weight is 192 g/mol. The highest BCUT2D eigenvalue weighted by atomic mass is 16.3. The van der Waals surface area contributed by atoms with Crippen molar-refractivity contribution in [2.24, 2.45) is 10.9 Å². The minimum absolute atomic E-state index is 0.197. The Morgan fingerprint density at radius 3 is 2.86 bits per heavy atom. The number of hydrazone groups is 1. The van der Waals surface area contributed by atoms with Crippen molar-refractivity contribution in [2.45, 2.75) is 18.9 Å².